The van der Waals surface area contributed by atoms with Gasteiger partial charge >= 0.3 is 5.97 Å². The van der Waals surface area contributed by atoms with E-state index < -0.39 is 36.7 Å². The van der Waals surface area contributed by atoms with Crippen molar-refractivity contribution < 1.29 is 34.0 Å². The first-order chi connectivity index (χ1) is 7.56. The maximum atomic E-state index is 11.3. The summed E-state index contributed by atoms with van der Waals surface area (Å²) >= 11 is 0. The van der Waals surface area contributed by atoms with Crippen molar-refractivity contribution in [2.75, 3.05) is 21.3 Å². The zero-order valence-electron chi connectivity index (χ0n) is 9.32. The number of ether oxygens (including phenoxy) is 4. The van der Waals surface area contributed by atoms with Gasteiger partial charge in [-0.05, 0) is 0 Å². The molecule has 94 valence electrons. The number of carbonyl (C=O) groups is 1. The van der Waals surface area contributed by atoms with Gasteiger partial charge in [0, 0.05) is 14.2 Å². The van der Waals surface area contributed by atoms with Crippen LogP contribution < -0.4 is 0 Å². The Morgan fingerprint density at radius 3 is 2.19 bits per heavy atom. The monoisotopic (exact) mass is 236 g/mol. The standard InChI is InChI=1S/C9H16O7/c1-13-6-4(10)7(8(12)14-2)16-9(15-3)5(6)11/h4-7,9-11H,1-3H3/t4-,5-,6+,7+,9-/m1/s1. The molecule has 0 aromatic heterocycles. The van der Waals surface area contributed by atoms with Crippen molar-refractivity contribution in [3.63, 3.8) is 0 Å². The second-order valence-electron chi connectivity index (χ2n) is 3.37. The summed E-state index contributed by atoms with van der Waals surface area (Å²) in [6.07, 6.45) is -5.73. The summed E-state index contributed by atoms with van der Waals surface area (Å²) in [5.74, 6) is -0.747. The summed E-state index contributed by atoms with van der Waals surface area (Å²) in [6, 6.07) is 0. The second-order valence-corrected chi connectivity index (χ2v) is 3.37. The van der Waals surface area contributed by atoms with E-state index in [0.29, 0.717) is 0 Å². The Bertz CT molecular complexity index is 244. The molecule has 0 bridgehead atoms. The average molecular weight is 236 g/mol. The first kappa shape index (κ1) is 13.3. The molecule has 0 amide bonds. The lowest BCUT2D eigenvalue weighted by atomic mass is 9.99. The third kappa shape index (κ3) is 2.33. The molecule has 16 heavy (non-hydrogen) atoms. The smallest absolute Gasteiger partial charge is 0.337 e. The van der Waals surface area contributed by atoms with E-state index in [1.54, 1.807) is 0 Å². The van der Waals surface area contributed by atoms with Crippen molar-refractivity contribution in [1.29, 1.82) is 0 Å². The Morgan fingerprint density at radius 1 is 1.12 bits per heavy atom. The van der Waals surface area contributed by atoms with Crippen LogP contribution in [0.15, 0.2) is 0 Å². The first-order valence-corrected chi connectivity index (χ1v) is 4.71. The Labute approximate surface area is 92.9 Å². The van der Waals surface area contributed by atoms with Crippen LogP contribution in [0.4, 0.5) is 0 Å². The molecule has 7 heteroatoms. The summed E-state index contributed by atoms with van der Waals surface area (Å²) in [4.78, 5) is 11.3. The summed E-state index contributed by atoms with van der Waals surface area (Å²) in [5.41, 5.74) is 0. The SMILES string of the molecule is COC(=O)[C@H]1O[C@@H](OC)[C@H](O)[C@@H](OC)[C@H]1O. The maximum absolute atomic E-state index is 11.3. The molecular formula is C9H16O7. The van der Waals surface area contributed by atoms with Crippen LogP contribution in [0.2, 0.25) is 0 Å². The van der Waals surface area contributed by atoms with Crippen molar-refractivity contribution in [2.24, 2.45) is 0 Å². The van der Waals surface area contributed by atoms with Crippen molar-refractivity contribution in [2.45, 2.75) is 30.7 Å². The van der Waals surface area contributed by atoms with Gasteiger partial charge in [-0.2, -0.15) is 0 Å². The fourth-order valence-electron chi connectivity index (χ4n) is 1.62. The Morgan fingerprint density at radius 2 is 1.75 bits per heavy atom. The number of carbonyl (C=O) groups excluding carboxylic acids is 1. The molecule has 1 heterocycles. The molecule has 0 spiro atoms. The predicted molar refractivity (Wildman–Crippen MR) is 50.5 cm³/mol. The van der Waals surface area contributed by atoms with E-state index in [-0.39, 0.29) is 0 Å². The van der Waals surface area contributed by atoms with E-state index in [1.807, 2.05) is 0 Å². The Balaban J connectivity index is 2.84. The molecule has 0 aromatic carbocycles. The van der Waals surface area contributed by atoms with Crippen LogP contribution in [0.5, 0.6) is 0 Å². The number of rotatable bonds is 3. The van der Waals surface area contributed by atoms with Crippen LogP contribution in [-0.4, -0.2) is 68.2 Å². The van der Waals surface area contributed by atoms with Gasteiger partial charge in [-0.25, -0.2) is 4.79 Å². The third-order valence-corrected chi connectivity index (χ3v) is 2.48. The number of hydrogen-bond acceptors (Lipinski definition) is 7. The topological polar surface area (TPSA) is 94.5 Å². The lowest BCUT2D eigenvalue weighted by Crippen LogP contribution is -2.60. The summed E-state index contributed by atoms with van der Waals surface area (Å²) in [6.45, 7) is 0. The molecule has 7 nitrogen and oxygen atoms in total. The Kier molecular flexibility index (Phi) is 4.63. The van der Waals surface area contributed by atoms with E-state index in [9.17, 15) is 15.0 Å². The lowest BCUT2D eigenvalue weighted by Gasteiger charge is -2.39. The highest BCUT2D eigenvalue weighted by molar-refractivity contribution is 5.75. The number of aliphatic hydroxyl groups excluding tert-OH is 2. The lowest BCUT2D eigenvalue weighted by molar-refractivity contribution is -0.291. The molecule has 0 aromatic rings. The quantitative estimate of drug-likeness (QED) is 0.562. The van der Waals surface area contributed by atoms with E-state index >= 15 is 0 Å². The molecule has 0 unspecified atom stereocenters. The van der Waals surface area contributed by atoms with Crippen LogP contribution in [0.1, 0.15) is 0 Å². The van der Waals surface area contributed by atoms with Crippen molar-refractivity contribution in [3.05, 3.63) is 0 Å². The minimum absolute atomic E-state index is 0.747. The predicted octanol–water partition coefficient (Wildman–Crippen LogP) is -1.73. The molecule has 1 rings (SSSR count). The van der Waals surface area contributed by atoms with Crippen molar-refractivity contribution in [1.82, 2.24) is 0 Å². The third-order valence-electron chi connectivity index (χ3n) is 2.48. The van der Waals surface area contributed by atoms with Gasteiger partial charge in [0.2, 0.25) is 0 Å². The van der Waals surface area contributed by atoms with Gasteiger partial charge in [0.25, 0.3) is 0 Å². The normalized spacial score (nSPS) is 39.4. The minimum atomic E-state index is -1.31. The second kappa shape index (κ2) is 5.55. The summed E-state index contributed by atoms with van der Waals surface area (Å²) in [5, 5.41) is 19.4. The van der Waals surface area contributed by atoms with Gasteiger partial charge in [0.1, 0.15) is 18.3 Å². The molecular weight excluding hydrogens is 220 g/mol. The molecule has 1 saturated heterocycles. The number of aliphatic hydroxyl groups is 2. The summed E-state index contributed by atoms with van der Waals surface area (Å²) < 4.78 is 19.3. The highest BCUT2D eigenvalue weighted by atomic mass is 16.7. The number of methoxy groups -OCH3 is 3. The van der Waals surface area contributed by atoms with Gasteiger partial charge < -0.3 is 29.2 Å². The van der Waals surface area contributed by atoms with Crippen LogP contribution in [0, 0.1) is 0 Å². The molecule has 1 aliphatic rings. The van der Waals surface area contributed by atoms with E-state index in [4.69, 9.17) is 14.2 Å². The minimum Gasteiger partial charge on any atom is -0.467 e. The van der Waals surface area contributed by atoms with Gasteiger partial charge in [-0.3, -0.25) is 0 Å². The van der Waals surface area contributed by atoms with Crippen LogP contribution in [-0.2, 0) is 23.7 Å². The van der Waals surface area contributed by atoms with Crippen LogP contribution in [0.25, 0.3) is 0 Å². The number of esters is 1. The van der Waals surface area contributed by atoms with E-state index in [1.165, 1.54) is 21.3 Å². The van der Waals surface area contributed by atoms with Gasteiger partial charge in [0.05, 0.1) is 7.11 Å². The zero-order chi connectivity index (χ0) is 12.3. The molecule has 5 atom stereocenters. The maximum Gasteiger partial charge on any atom is 0.337 e. The molecule has 1 fully saturated rings. The van der Waals surface area contributed by atoms with Gasteiger partial charge in [-0.1, -0.05) is 0 Å². The average Bonchev–Trinajstić information content (AvgIpc) is 2.29. The van der Waals surface area contributed by atoms with Crippen LogP contribution >= 0.6 is 0 Å². The van der Waals surface area contributed by atoms with Gasteiger partial charge in [-0.15, -0.1) is 0 Å². The van der Waals surface area contributed by atoms with Crippen LogP contribution in [0.3, 0.4) is 0 Å². The molecule has 0 radical (unpaired) electrons. The van der Waals surface area contributed by atoms with E-state index in [2.05, 4.69) is 4.74 Å². The fourth-order valence-corrected chi connectivity index (χ4v) is 1.62. The summed E-state index contributed by atoms with van der Waals surface area (Å²) in [7, 11) is 3.79. The van der Waals surface area contributed by atoms with E-state index in [0.717, 1.165) is 0 Å². The van der Waals surface area contributed by atoms with Gasteiger partial charge in [0.15, 0.2) is 12.4 Å². The highest BCUT2D eigenvalue weighted by Gasteiger charge is 2.48. The fraction of sp³-hybridized carbons (Fsp3) is 0.889. The highest BCUT2D eigenvalue weighted by Crippen LogP contribution is 2.24. The molecule has 1 aliphatic heterocycles. The Hall–Kier alpha value is -0.730. The first-order valence-electron chi connectivity index (χ1n) is 4.71. The molecule has 0 aliphatic carbocycles. The van der Waals surface area contributed by atoms with Crippen molar-refractivity contribution in [3.8, 4) is 0 Å². The molecule has 0 saturated carbocycles. The largest absolute Gasteiger partial charge is 0.467 e. The zero-order valence-corrected chi connectivity index (χ0v) is 9.32. The van der Waals surface area contributed by atoms with Crippen molar-refractivity contribution >= 4 is 5.97 Å². The number of hydrogen-bond donors (Lipinski definition) is 2. The molecule has 2 N–H and O–H groups in total.